The molecule has 1 fully saturated rings. The predicted molar refractivity (Wildman–Crippen MR) is 122 cm³/mol. The first kappa shape index (κ1) is 19.1. The van der Waals surface area contributed by atoms with Gasteiger partial charge in [-0.05, 0) is 67.3 Å². The molecule has 0 aliphatic carbocycles. The Labute approximate surface area is 181 Å². The van der Waals surface area contributed by atoms with Crippen molar-refractivity contribution >= 4 is 22.5 Å². The molecule has 3 aromatic carbocycles. The predicted octanol–water partition coefficient (Wildman–Crippen LogP) is 5.39. The molecule has 0 atom stereocenters. The van der Waals surface area contributed by atoms with Crippen LogP contribution in [0.2, 0.25) is 0 Å². The molecule has 4 aromatic rings. The van der Waals surface area contributed by atoms with Gasteiger partial charge >= 0.3 is 0 Å². The third kappa shape index (κ3) is 3.47. The van der Waals surface area contributed by atoms with E-state index < -0.39 is 0 Å². The summed E-state index contributed by atoms with van der Waals surface area (Å²) in [6.45, 7) is 2.79. The third-order valence-corrected chi connectivity index (χ3v) is 5.92. The normalized spacial score (nSPS) is 14.1. The number of hydrogen-bond acceptors (Lipinski definition) is 3. The number of aromatic nitrogens is 2. The van der Waals surface area contributed by atoms with E-state index in [1.165, 1.54) is 0 Å². The highest BCUT2D eigenvalue weighted by Crippen LogP contribution is 2.30. The number of nitrogens with zero attached hydrogens (tertiary/aromatic N) is 4. The average Bonchev–Trinajstić information content (AvgIpc) is 3.15. The zero-order valence-electron chi connectivity index (χ0n) is 17.4. The van der Waals surface area contributed by atoms with E-state index in [0.29, 0.717) is 12.0 Å². The molecule has 0 saturated carbocycles. The number of amides is 1. The monoisotopic (exact) mass is 406 g/mol. The molecule has 1 aliphatic rings. The molecule has 152 valence electrons. The molecule has 5 heteroatoms. The standard InChI is InChI=1S/C26H22N4O/c1-18-24-13-10-21(16-25(24)30(28-18)23-6-4-5-19(15-23)17-27)20-8-11-22(12-9-20)29-14-3-2-7-26(29)31/h4-6,8-13,15-16H,2-3,7,14H2,1H3. The summed E-state index contributed by atoms with van der Waals surface area (Å²) in [5.41, 5.74) is 6.56. The van der Waals surface area contributed by atoms with Gasteiger partial charge in [-0.3, -0.25) is 4.79 Å². The number of piperidine rings is 1. The lowest BCUT2D eigenvalue weighted by atomic mass is 10.0. The fourth-order valence-electron chi connectivity index (χ4n) is 4.27. The van der Waals surface area contributed by atoms with Crippen LogP contribution in [0.15, 0.2) is 66.7 Å². The second kappa shape index (κ2) is 7.73. The van der Waals surface area contributed by atoms with Gasteiger partial charge in [-0.15, -0.1) is 0 Å². The molecule has 5 rings (SSSR count). The lowest BCUT2D eigenvalue weighted by molar-refractivity contribution is -0.119. The maximum absolute atomic E-state index is 12.2. The highest BCUT2D eigenvalue weighted by molar-refractivity contribution is 5.94. The Morgan fingerprint density at radius 3 is 2.52 bits per heavy atom. The van der Waals surface area contributed by atoms with Crippen LogP contribution in [0, 0.1) is 18.3 Å². The van der Waals surface area contributed by atoms with E-state index in [1.807, 2.05) is 46.8 Å². The summed E-state index contributed by atoms with van der Waals surface area (Å²) in [4.78, 5) is 14.1. The molecular formula is C26H22N4O. The summed E-state index contributed by atoms with van der Waals surface area (Å²) in [5, 5.41) is 15.1. The largest absolute Gasteiger partial charge is 0.312 e. The van der Waals surface area contributed by atoms with Crippen LogP contribution in [-0.2, 0) is 4.79 Å². The Morgan fingerprint density at radius 2 is 1.74 bits per heavy atom. The van der Waals surface area contributed by atoms with Gasteiger partial charge in [0.1, 0.15) is 0 Å². The van der Waals surface area contributed by atoms with Crippen LogP contribution in [0.5, 0.6) is 0 Å². The molecule has 5 nitrogen and oxygen atoms in total. The first-order chi connectivity index (χ1) is 15.1. The smallest absolute Gasteiger partial charge is 0.226 e. The van der Waals surface area contributed by atoms with Crippen LogP contribution in [-0.4, -0.2) is 22.2 Å². The topological polar surface area (TPSA) is 61.9 Å². The molecule has 0 spiro atoms. The van der Waals surface area contributed by atoms with Gasteiger partial charge in [0.05, 0.1) is 28.5 Å². The number of carbonyl (C=O) groups is 1. The van der Waals surface area contributed by atoms with E-state index in [0.717, 1.165) is 58.5 Å². The SMILES string of the molecule is Cc1nn(-c2cccc(C#N)c2)c2cc(-c3ccc(N4CCCCC4=O)cc3)ccc12. The Hall–Kier alpha value is -3.91. The summed E-state index contributed by atoms with van der Waals surface area (Å²) in [6, 6.07) is 24.2. The minimum absolute atomic E-state index is 0.208. The zero-order chi connectivity index (χ0) is 21.4. The number of aryl methyl sites for hydroxylation is 1. The van der Waals surface area contributed by atoms with Crippen LogP contribution in [0.4, 0.5) is 5.69 Å². The maximum atomic E-state index is 12.2. The summed E-state index contributed by atoms with van der Waals surface area (Å²) in [5.74, 6) is 0.208. The van der Waals surface area contributed by atoms with E-state index in [1.54, 1.807) is 6.07 Å². The van der Waals surface area contributed by atoms with E-state index >= 15 is 0 Å². The first-order valence-electron chi connectivity index (χ1n) is 10.5. The van der Waals surface area contributed by atoms with Crippen LogP contribution in [0.25, 0.3) is 27.7 Å². The number of hydrogen-bond donors (Lipinski definition) is 0. The lowest BCUT2D eigenvalue weighted by Crippen LogP contribution is -2.35. The van der Waals surface area contributed by atoms with Crippen molar-refractivity contribution in [2.75, 3.05) is 11.4 Å². The summed E-state index contributed by atoms with van der Waals surface area (Å²) in [6.07, 6.45) is 2.67. The van der Waals surface area contributed by atoms with Crippen LogP contribution in [0.1, 0.15) is 30.5 Å². The fourth-order valence-corrected chi connectivity index (χ4v) is 4.27. The minimum Gasteiger partial charge on any atom is -0.312 e. The molecule has 1 amide bonds. The Bertz CT molecular complexity index is 1330. The second-order valence-corrected chi connectivity index (χ2v) is 7.94. The number of anilines is 1. The van der Waals surface area contributed by atoms with Gasteiger partial charge in [0.25, 0.3) is 0 Å². The van der Waals surface area contributed by atoms with Crippen molar-refractivity contribution in [1.82, 2.24) is 9.78 Å². The molecule has 0 bridgehead atoms. The van der Waals surface area contributed by atoms with Crippen molar-refractivity contribution < 1.29 is 4.79 Å². The first-order valence-corrected chi connectivity index (χ1v) is 10.5. The Balaban J connectivity index is 1.54. The van der Waals surface area contributed by atoms with E-state index in [-0.39, 0.29) is 5.91 Å². The number of nitriles is 1. The van der Waals surface area contributed by atoms with Gasteiger partial charge in [0.2, 0.25) is 5.91 Å². The van der Waals surface area contributed by atoms with Crippen molar-refractivity contribution in [3.63, 3.8) is 0 Å². The molecular weight excluding hydrogens is 384 g/mol. The molecule has 31 heavy (non-hydrogen) atoms. The van der Waals surface area contributed by atoms with Gasteiger partial charge in [0, 0.05) is 24.0 Å². The molecule has 1 aromatic heterocycles. The number of rotatable bonds is 3. The van der Waals surface area contributed by atoms with E-state index in [2.05, 4.69) is 36.4 Å². The highest BCUT2D eigenvalue weighted by atomic mass is 16.2. The molecule has 0 radical (unpaired) electrons. The molecule has 2 heterocycles. The number of carbonyl (C=O) groups excluding carboxylic acids is 1. The molecule has 1 aliphatic heterocycles. The Morgan fingerprint density at radius 1 is 0.935 bits per heavy atom. The van der Waals surface area contributed by atoms with Crippen molar-refractivity contribution in [2.24, 2.45) is 0 Å². The van der Waals surface area contributed by atoms with Gasteiger partial charge in [0.15, 0.2) is 0 Å². The average molecular weight is 406 g/mol. The van der Waals surface area contributed by atoms with Gasteiger partial charge < -0.3 is 4.90 Å². The van der Waals surface area contributed by atoms with Gasteiger partial charge in [-0.25, -0.2) is 4.68 Å². The number of benzene rings is 3. The summed E-state index contributed by atoms with van der Waals surface area (Å²) >= 11 is 0. The lowest BCUT2D eigenvalue weighted by Gasteiger charge is -2.26. The van der Waals surface area contributed by atoms with E-state index in [9.17, 15) is 10.1 Å². The van der Waals surface area contributed by atoms with Crippen LogP contribution in [0.3, 0.4) is 0 Å². The van der Waals surface area contributed by atoms with Crippen LogP contribution >= 0.6 is 0 Å². The van der Waals surface area contributed by atoms with Crippen LogP contribution < -0.4 is 4.90 Å². The Kier molecular flexibility index (Phi) is 4.76. The van der Waals surface area contributed by atoms with E-state index in [4.69, 9.17) is 5.10 Å². The summed E-state index contributed by atoms with van der Waals surface area (Å²) < 4.78 is 1.90. The molecule has 1 saturated heterocycles. The van der Waals surface area contributed by atoms with Crippen molar-refractivity contribution in [3.8, 4) is 22.9 Å². The quantitative estimate of drug-likeness (QED) is 0.458. The highest BCUT2D eigenvalue weighted by Gasteiger charge is 2.19. The second-order valence-electron chi connectivity index (χ2n) is 7.94. The number of fused-ring (bicyclic) bond motifs is 1. The maximum Gasteiger partial charge on any atom is 0.226 e. The third-order valence-electron chi connectivity index (χ3n) is 5.92. The van der Waals surface area contributed by atoms with Gasteiger partial charge in [-0.2, -0.15) is 10.4 Å². The molecule has 0 N–H and O–H groups in total. The minimum atomic E-state index is 0.208. The van der Waals surface area contributed by atoms with Gasteiger partial charge in [-0.1, -0.05) is 30.3 Å². The fraction of sp³-hybridized carbons (Fsp3) is 0.192. The summed E-state index contributed by atoms with van der Waals surface area (Å²) in [7, 11) is 0. The van der Waals surface area contributed by atoms with Crippen molar-refractivity contribution in [3.05, 3.63) is 78.0 Å². The zero-order valence-corrected chi connectivity index (χ0v) is 17.4. The van der Waals surface area contributed by atoms with Crippen molar-refractivity contribution in [1.29, 1.82) is 5.26 Å². The van der Waals surface area contributed by atoms with Crippen molar-refractivity contribution in [2.45, 2.75) is 26.2 Å². The molecule has 0 unspecified atom stereocenters.